The van der Waals surface area contributed by atoms with Gasteiger partial charge in [0.05, 0.1) is 12.8 Å². The van der Waals surface area contributed by atoms with E-state index in [4.69, 9.17) is 10.3 Å². The summed E-state index contributed by atoms with van der Waals surface area (Å²) in [5, 5.41) is 0. The van der Waals surface area contributed by atoms with Crippen LogP contribution in [0.2, 0.25) is 0 Å². The summed E-state index contributed by atoms with van der Waals surface area (Å²) in [6.45, 7) is 2.58. The van der Waals surface area contributed by atoms with Crippen molar-refractivity contribution in [3.05, 3.63) is 23.7 Å². The van der Waals surface area contributed by atoms with Gasteiger partial charge >= 0.3 is 0 Å². The first-order valence-corrected chi connectivity index (χ1v) is 2.81. The molecule has 0 spiro atoms. The number of aryl methyl sites for hydroxylation is 1. The molecule has 0 saturated carbocycles. The Kier molecular flexibility index (Phi) is 1.87. The molecule has 0 aliphatic carbocycles. The second kappa shape index (κ2) is 2.66. The van der Waals surface area contributed by atoms with Crippen molar-refractivity contribution in [2.75, 3.05) is 0 Å². The Bertz CT molecular complexity index is 183. The molecule has 0 bridgehead atoms. The molecular weight excluding hydrogens is 116 g/mol. The fourth-order valence-electron chi connectivity index (χ4n) is 0.678. The van der Waals surface area contributed by atoms with Crippen molar-refractivity contribution in [1.82, 2.24) is 5.43 Å². The smallest absolute Gasteiger partial charge is 0.121 e. The maximum absolute atomic E-state index is 5.08. The average molecular weight is 126 g/mol. The summed E-state index contributed by atoms with van der Waals surface area (Å²) in [6.07, 6.45) is 1.65. The third kappa shape index (κ3) is 1.31. The van der Waals surface area contributed by atoms with E-state index in [9.17, 15) is 0 Å². The zero-order valence-electron chi connectivity index (χ0n) is 5.35. The number of nitrogens with two attached hydrogens (primary N) is 1. The molecule has 9 heavy (non-hydrogen) atoms. The van der Waals surface area contributed by atoms with Crippen LogP contribution in [0.5, 0.6) is 0 Å². The van der Waals surface area contributed by atoms with E-state index in [-0.39, 0.29) is 0 Å². The van der Waals surface area contributed by atoms with E-state index in [2.05, 4.69) is 5.43 Å². The first-order chi connectivity index (χ1) is 4.34. The molecule has 0 aromatic carbocycles. The molecule has 1 rings (SSSR count). The van der Waals surface area contributed by atoms with Crippen molar-refractivity contribution in [2.24, 2.45) is 5.84 Å². The van der Waals surface area contributed by atoms with Crippen LogP contribution < -0.4 is 11.3 Å². The lowest BCUT2D eigenvalue weighted by molar-refractivity contribution is 0.485. The number of furan rings is 1. The monoisotopic (exact) mass is 126 g/mol. The maximum atomic E-state index is 5.08. The zero-order chi connectivity index (χ0) is 6.69. The van der Waals surface area contributed by atoms with Gasteiger partial charge in [-0.05, 0) is 18.6 Å². The molecule has 1 heterocycles. The lowest BCUT2D eigenvalue weighted by Crippen LogP contribution is -2.20. The van der Waals surface area contributed by atoms with Gasteiger partial charge in [0.25, 0.3) is 0 Å². The maximum Gasteiger partial charge on any atom is 0.121 e. The second-order valence-electron chi connectivity index (χ2n) is 1.91. The van der Waals surface area contributed by atoms with E-state index in [1.54, 1.807) is 6.26 Å². The second-order valence-corrected chi connectivity index (χ2v) is 1.91. The first-order valence-electron chi connectivity index (χ1n) is 2.81. The summed E-state index contributed by atoms with van der Waals surface area (Å²) in [7, 11) is 0. The summed E-state index contributed by atoms with van der Waals surface area (Å²) in [5.74, 6) is 5.98. The summed E-state index contributed by atoms with van der Waals surface area (Å²) < 4.78 is 5.06. The molecule has 0 radical (unpaired) electrons. The van der Waals surface area contributed by atoms with Crippen molar-refractivity contribution in [3.8, 4) is 0 Å². The number of rotatable bonds is 2. The normalized spacial score (nSPS) is 10.0. The summed E-state index contributed by atoms with van der Waals surface area (Å²) >= 11 is 0. The summed E-state index contributed by atoms with van der Waals surface area (Å²) in [6, 6.07) is 1.91. The quantitative estimate of drug-likeness (QED) is 0.449. The highest BCUT2D eigenvalue weighted by molar-refractivity contribution is 5.13. The minimum Gasteiger partial charge on any atom is -0.468 e. The largest absolute Gasteiger partial charge is 0.468 e. The van der Waals surface area contributed by atoms with Crippen molar-refractivity contribution < 1.29 is 4.42 Å². The van der Waals surface area contributed by atoms with Crippen LogP contribution in [0, 0.1) is 6.92 Å². The van der Waals surface area contributed by atoms with E-state index in [1.165, 1.54) is 0 Å². The Morgan fingerprint density at radius 3 is 3.00 bits per heavy atom. The van der Waals surface area contributed by atoms with Gasteiger partial charge in [0.1, 0.15) is 5.76 Å². The van der Waals surface area contributed by atoms with Crippen molar-refractivity contribution in [1.29, 1.82) is 0 Å². The zero-order valence-corrected chi connectivity index (χ0v) is 5.35. The Balaban J connectivity index is 2.69. The van der Waals surface area contributed by atoms with Crippen LogP contribution in [0.1, 0.15) is 11.3 Å². The van der Waals surface area contributed by atoms with E-state index in [0.29, 0.717) is 6.54 Å². The average Bonchev–Trinajstić information content (AvgIpc) is 2.18. The molecule has 0 unspecified atom stereocenters. The highest BCUT2D eigenvalue weighted by Crippen LogP contribution is 2.06. The molecule has 0 atom stereocenters. The molecule has 3 N–H and O–H groups in total. The fourth-order valence-corrected chi connectivity index (χ4v) is 0.678. The van der Waals surface area contributed by atoms with E-state index in [0.717, 1.165) is 11.3 Å². The first kappa shape index (κ1) is 6.32. The van der Waals surface area contributed by atoms with Crippen LogP contribution in [0.15, 0.2) is 16.7 Å². The van der Waals surface area contributed by atoms with Crippen molar-refractivity contribution in [2.45, 2.75) is 13.5 Å². The molecule has 1 aromatic rings. The Hall–Kier alpha value is -0.800. The van der Waals surface area contributed by atoms with E-state index in [1.807, 2.05) is 13.0 Å². The van der Waals surface area contributed by atoms with Crippen LogP contribution in [0.25, 0.3) is 0 Å². The molecule has 0 saturated heterocycles. The minimum atomic E-state index is 0.596. The minimum absolute atomic E-state index is 0.596. The van der Waals surface area contributed by atoms with Crippen LogP contribution in [0.4, 0.5) is 0 Å². The third-order valence-corrected chi connectivity index (χ3v) is 1.23. The summed E-state index contributed by atoms with van der Waals surface area (Å²) in [5.41, 5.74) is 3.65. The van der Waals surface area contributed by atoms with Crippen molar-refractivity contribution >= 4 is 0 Å². The third-order valence-electron chi connectivity index (χ3n) is 1.23. The van der Waals surface area contributed by atoms with E-state index < -0.39 is 0 Å². The molecule has 0 aliphatic rings. The van der Waals surface area contributed by atoms with Gasteiger partial charge in [0, 0.05) is 0 Å². The SMILES string of the molecule is Cc1ccoc1CNN. The molecular formula is C6H10N2O. The standard InChI is InChI=1S/C6H10N2O/c1-5-2-3-9-6(5)4-8-7/h2-3,8H,4,7H2,1H3. The molecule has 3 nitrogen and oxygen atoms in total. The molecule has 0 aliphatic heterocycles. The molecule has 0 fully saturated rings. The van der Waals surface area contributed by atoms with Gasteiger partial charge < -0.3 is 4.42 Å². The Labute approximate surface area is 53.8 Å². The highest BCUT2D eigenvalue weighted by Gasteiger charge is 1.97. The Morgan fingerprint density at radius 2 is 2.56 bits per heavy atom. The molecule has 0 amide bonds. The molecule has 50 valence electrons. The lowest BCUT2D eigenvalue weighted by atomic mass is 10.3. The summed E-state index contributed by atoms with van der Waals surface area (Å²) in [4.78, 5) is 0. The molecule has 1 aromatic heterocycles. The number of hydrogen-bond acceptors (Lipinski definition) is 3. The van der Waals surface area contributed by atoms with Gasteiger partial charge in [-0.3, -0.25) is 11.3 Å². The van der Waals surface area contributed by atoms with Crippen LogP contribution in [-0.2, 0) is 6.54 Å². The van der Waals surface area contributed by atoms with Crippen LogP contribution in [0.3, 0.4) is 0 Å². The fraction of sp³-hybridized carbons (Fsp3) is 0.333. The topological polar surface area (TPSA) is 51.2 Å². The van der Waals surface area contributed by atoms with Crippen LogP contribution >= 0.6 is 0 Å². The van der Waals surface area contributed by atoms with Crippen molar-refractivity contribution in [3.63, 3.8) is 0 Å². The molecule has 3 heteroatoms. The van der Waals surface area contributed by atoms with Gasteiger partial charge in [-0.2, -0.15) is 0 Å². The van der Waals surface area contributed by atoms with Gasteiger partial charge in [-0.15, -0.1) is 0 Å². The van der Waals surface area contributed by atoms with E-state index >= 15 is 0 Å². The number of nitrogens with one attached hydrogen (secondary N) is 1. The predicted molar refractivity (Wildman–Crippen MR) is 34.5 cm³/mol. The number of hydrogen-bond donors (Lipinski definition) is 2. The van der Waals surface area contributed by atoms with Gasteiger partial charge in [-0.1, -0.05) is 0 Å². The van der Waals surface area contributed by atoms with Gasteiger partial charge in [0.2, 0.25) is 0 Å². The van der Waals surface area contributed by atoms with Crippen LogP contribution in [-0.4, -0.2) is 0 Å². The van der Waals surface area contributed by atoms with Gasteiger partial charge in [0.15, 0.2) is 0 Å². The lowest BCUT2D eigenvalue weighted by Gasteiger charge is -1.93. The Morgan fingerprint density at radius 1 is 1.78 bits per heavy atom. The predicted octanol–water partition coefficient (Wildman–Crippen LogP) is 0.551. The number of hydrazine groups is 1. The highest BCUT2D eigenvalue weighted by atomic mass is 16.3. The van der Waals surface area contributed by atoms with Gasteiger partial charge in [-0.25, -0.2) is 0 Å².